The Balaban J connectivity index is 1.68. The summed E-state index contributed by atoms with van der Waals surface area (Å²) in [6, 6.07) is 11.4. The van der Waals surface area contributed by atoms with Crippen LogP contribution < -0.4 is 10.6 Å². The fourth-order valence-electron chi connectivity index (χ4n) is 2.45. The van der Waals surface area contributed by atoms with Gasteiger partial charge in [-0.15, -0.1) is 11.3 Å². The normalized spacial score (nSPS) is 11.9. The predicted molar refractivity (Wildman–Crippen MR) is 99.0 cm³/mol. The van der Waals surface area contributed by atoms with E-state index in [1.807, 2.05) is 43.3 Å². The molecule has 3 rings (SSSR count). The Morgan fingerprint density at radius 3 is 2.56 bits per heavy atom. The molecule has 6 heteroatoms. The van der Waals surface area contributed by atoms with Crippen LogP contribution in [-0.2, 0) is 17.9 Å². The molecule has 1 amide bonds. The Morgan fingerprint density at radius 1 is 1.04 bits per heavy atom. The van der Waals surface area contributed by atoms with Gasteiger partial charge in [0.2, 0.25) is 5.91 Å². The highest BCUT2D eigenvalue weighted by Gasteiger charge is 2.21. The summed E-state index contributed by atoms with van der Waals surface area (Å²) < 4.78 is 0. The molecule has 128 valence electrons. The summed E-state index contributed by atoms with van der Waals surface area (Å²) in [6.45, 7) is 3.11. The Hall–Kier alpha value is -2.57. The van der Waals surface area contributed by atoms with Crippen molar-refractivity contribution in [3.8, 4) is 0 Å². The molecule has 1 unspecified atom stereocenters. The summed E-state index contributed by atoms with van der Waals surface area (Å²) in [6.07, 6.45) is 6.99. The summed E-state index contributed by atoms with van der Waals surface area (Å²) in [4.78, 5) is 23.0. The van der Waals surface area contributed by atoms with Crippen LogP contribution in [0.2, 0.25) is 0 Å². The van der Waals surface area contributed by atoms with E-state index >= 15 is 0 Å². The lowest BCUT2D eigenvalue weighted by Gasteiger charge is -2.17. The first-order valence-electron chi connectivity index (χ1n) is 8.07. The zero-order valence-corrected chi connectivity index (χ0v) is 14.8. The number of thiophene rings is 1. The molecule has 3 aromatic heterocycles. The molecule has 1 atom stereocenters. The van der Waals surface area contributed by atoms with Crippen LogP contribution >= 0.6 is 11.3 Å². The van der Waals surface area contributed by atoms with E-state index in [0.717, 1.165) is 16.0 Å². The number of nitrogens with zero attached hydrogens (tertiary/aromatic N) is 2. The second-order valence-corrected chi connectivity index (χ2v) is 7.02. The van der Waals surface area contributed by atoms with Crippen molar-refractivity contribution < 1.29 is 4.79 Å². The minimum atomic E-state index is -0.386. The van der Waals surface area contributed by atoms with Gasteiger partial charge in [-0.2, -0.15) is 0 Å². The number of carbonyl (C=O) groups excluding carboxylic acids is 1. The van der Waals surface area contributed by atoms with Gasteiger partial charge in [0, 0.05) is 47.6 Å². The number of pyridine rings is 2. The van der Waals surface area contributed by atoms with E-state index in [9.17, 15) is 4.79 Å². The van der Waals surface area contributed by atoms with Gasteiger partial charge >= 0.3 is 0 Å². The highest BCUT2D eigenvalue weighted by atomic mass is 32.1. The van der Waals surface area contributed by atoms with Crippen molar-refractivity contribution >= 4 is 17.2 Å². The summed E-state index contributed by atoms with van der Waals surface area (Å²) in [7, 11) is 0. The molecule has 0 saturated heterocycles. The fraction of sp³-hybridized carbons (Fsp3) is 0.211. The number of nitrogens with one attached hydrogen (secondary N) is 2. The molecule has 0 aliphatic heterocycles. The van der Waals surface area contributed by atoms with Crippen LogP contribution in [0.5, 0.6) is 0 Å². The number of aryl methyl sites for hydroxylation is 1. The highest BCUT2D eigenvalue weighted by molar-refractivity contribution is 7.12. The zero-order valence-electron chi connectivity index (χ0n) is 14.0. The van der Waals surface area contributed by atoms with Crippen molar-refractivity contribution in [1.29, 1.82) is 0 Å². The maximum atomic E-state index is 12.7. The van der Waals surface area contributed by atoms with E-state index in [-0.39, 0.29) is 11.9 Å². The van der Waals surface area contributed by atoms with Gasteiger partial charge in [-0.25, -0.2) is 0 Å². The second-order valence-electron chi connectivity index (χ2n) is 5.70. The van der Waals surface area contributed by atoms with Gasteiger partial charge in [-0.3, -0.25) is 20.1 Å². The van der Waals surface area contributed by atoms with Crippen molar-refractivity contribution in [3.63, 3.8) is 0 Å². The molecule has 0 aliphatic rings. The second kappa shape index (κ2) is 8.50. The third kappa shape index (κ3) is 4.95. The molecular formula is C19H20N4OS. The van der Waals surface area contributed by atoms with Crippen LogP contribution in [0.25, 0.3) is 0 Å². The number of hydrogen-bond donors (Lipinski definition) is 2. The van der Waals surface area contributed by atoms with Crippen molar-refractivity contribution in [3.05, 3.63) is 82.1 Å². The molecule has 25 heavy (non-hydrogen) atoms. The van der Waals surface area contributed by atoms with Gasteiger partial charge in [-0.05, 0) is 48.4 Å². The van der Waals surface area contributed by atoms with Crippen LogP contribution in [-0.4, -0.2) is 15.9 Å². The standard InChI is InChI=1S/C19H20N4OS/c1-14-4-5-17(25-14)18(22-12-15-6-9-20-10-7-15)19(24)23-13-16-3-2-8-21-11-16/h2-11,18,22H,12-13H2,1H3,(H,23,24). The largest absolute Gasteiger partial charge is 0.350 e. The molecule has 0 spiro atoms. The lowest BCUT2D eigenvalue weighted by molar-refractivity contribution is -0.123. The number of amides is 1. The minimum absolute atomic E-state index is 0.0419. The van der Waals surface area contributed by atoms with E-state index in [2.05, 4.69) is 20.6 Å². The quantitative estimate of drug-likeness (QED) is 0.686. The molecule has 0 saturated carbocycles. The molecule has 0 bridgehead atoms. The van der Waals surface area contributed by atoms with Gasteiger partial charge in [0.05, 0.1) is 0 Å². The first kappa shape index (κ1) is 17.3. The van der Waals surface area contributed by atoms with Crippen LogP contribution in [0.1, 0.15) is 26.9 Å². The first-order valence-corrected chi connectivity index (χ1v) is 8.89. The number of carbonyl (C=O) groups is 1. The van der Waals surface area contributed by atoms with Gasteiger partial charge in [0.25, 0.3) is 0 Å². The van der Waals surface area contributed by atoms with E-state index in [1.165, 1.54) is 4.88 Å². The SMILES string of the molecule is Cc1ccc(C(NCc2ccncc2)C(=O)NCc2cccnc2)s1. The summed E-state index contributed by atoms with van der Waals surface area (Å²) in [5.41, 5.74) is 2.07. The lowest BCUT2D eigenvalue weighted by Crippen LogP contribution is -2.36. The number of aromatic nitrogens is 2. The summed E-state index contributed by atoms with van der Waals surface area (Å²) in [5, 5.41) is 6.35. The van der Waals surface area contributed by atoms with Crippen molar-refractivity contribution in [1.82, 2.24) is 20.6 Å². The third-order valence-electron chi connectivity index (χ3n) is 3.76. The third-order valence-corrected chi connectivity index (χ3v) is 4.82. The molecular weight excluding hydrogens is 332 g/mol. The Bertz CT molecular complexity index is 805. The molecule has 3 heterocycles. The molecule has 0 aliphatic carbocycles. The predicted octanol–water partition coefficient (Wildman–Crippen LogP) is 2.99. The van der Waals surface area contributed by atoms with E-state index in [1.54, 1.807) is 36.1 Å². The Labute approximate surface area is 151 Å². The molecule has 0 radical (unpaired) electrons. The maximum Gasteiger partial charge on any atom is 0.242 e. The molecule has 0 fully saturated rings. The summed E-state index contributed by atoms with van der Waals surface area (Å²) >= 11 is 1.63. The highest BCUT2D eigenvalue weighted by Crippen LogP contribution is 2.23. The maximum absolute atomic E-state index is 12.7. The van der Waals surface area contributed by atoms with E-state index < -0.39 is 0 Å². The Morgan fingerprint density at radius 2 is 1.88 bits per heavy atom. The average Bonchev–Trinajstić information content (AvgIpc) is 3.08. The molecule has 2 N–H and O–H groups in total. The van der Waals surface area contributed by atoms with Crippen LogP contribution in [0.4, 0.5) is 0 Å². The minimum Gasteiger partial charge on any atom is -0.350 e. The first-order chi connectivity index (χ1) is 12.2. The van der Waals surface area contributed by atoms with Gasteiger partial charge < -0.3 is 5.32 Å². The summed E-state index contributed by atoms with van der Waals surface area (Å²) in [5.74, 6) is -0.0419. The van der Waals surface area contributed by atoms with Crippen molar-refractivity contribution in [2.24, 2.45) is 0 Å². The fourth-order valence-corrected chi connectivity index (χ4v) is 3.40. The Kier molecular flexibility index (Phi) is 5.87. The van der Waals surface area contributed by atoms with Gasteiger partial charge in [0.15, 0.2) is 0 Å². The van der Waals surface area contributed by atoms with Crippen molar-refractivity contribution in [2.45, 2.75) is 26.1 Å². The van der Waals surface area contributed by atoms with Gasteiger partial charge in [0.1, 0.15) is 6.04 Å². The van der Waals surface area contributed by atoms with E-state index in [0.29, 0.717) is 13.1 Å². The van der Waals surface area contributed by atoms with Gasteiger partial charge in [-0.1, -0.05) is 6.07 Å². The average molecular weight is 352 g/mol. The van der Waals surface area contributed by atoms with Crippen LogP contribution in [0.15, 0.2) is 61.2 Å². The topological polar surface area (TPSA) is 66.9 Å². The number of hydrogen-bond acceptors (Lipinski definition) is 5. The van der Waals surface area contributed by atoms with Crippen molar-refractivity contribution in [2.75, 3.05) is 0 Å². The molecule has 5 nitrogen and oxygen atoms in total. The van der Waals surface area contributed by atoms with Crippen LogP contribution in [0, 0.1) is 6.92 Å². The number of rotatable bonds is 7. The van der Waals surface area contributed by atoms with E-state index in [4.69, 9.17) is 0 Å². The smallest absolute Gasteiger partial charge is 0.242 e. The lowest BCUT2D eigenvalue weighted by atomic mass is 10.2. The zero-order chi connectivity index (χ0) is 17.5. The molecule has 0 aromatic carbocycles. The van der Waals surface area contributed by atoms with Crippen LogP contribution in [0.3, 0.4) is 0 Å². The monoisotopic (exact) mass is 352 g/mol. The molecule has 3 aromatic rings.